The summed E-state index contributed by atoms with van der Waals surface area (Å²) < 4.78 is 11.8. The van der Waals surface area contributed by atoms with Gasteiger partial charge in [-0.25, -0.2) is 9.59 Å². The average molecular weight is 436 g/mol. The van der Waals surface area contributed by atoms with Gasteiger partial charge in [0.2, 0.25) is 0 Å². The van der Waals surface area contributed by atoms with Gasteiger partial charge in [0.05, 0.1) is 11.7 Å². The third-order valence-electron chi connectivity index (χ3n) is 7.29. The van der Waals surface area contributed by atoms with E-state index in [9.17, 15) is 14.7 Å². The molecule has 2 fully saturated rings. The molecular weight excluding hydrogens is 406 g/mol. The lowest BCUT2D eigenvalue weighted by atomic mass is 9.97. The van der Waals surface area contributed by atoms with Crippen molar-refractivity contribution >= 4 is 12.1 Å². The SMILES string of the molecule is O=C(NC(CC1CCC2(CCCC2)O1)C(=O)O)OCC1c2ccccc2-c2ccccc21. The second kappa shape index (κ2) is 8.58. The molecule has 2 atom stereocenters. The van der Waals surface area contributed by atoms with Gasteiger partial charge in [-0.05, 0) is 47.9 Å². The number of carboxylic acid groups (broad SMARTS) is 1. The van der Waals surface area contributed by atoms with E-state index in [1.165, 1.54) is 12.8 Å². The molecule has 0 radical (unpaired) electrons. The second-order valence-electron chi connectivity index (χ2n) is 9.27. The molecule has 2 aromatic carbocycles. The molecule has 6 heteroatoms. The first kappa shape index (κ1) is 21.0. The summed E-state index contributed by atoms with van der Waals surface area (Å²) in [7, 11) is 0. The van der Waals surface area contributed by atoms with Crippen molar-refractivity contribution in [3.63, 3.8) is 0 Å². The zero-order valence-corrected chi connectivity index (χ0v) is 18.1. The average Bonchev–Trinajstić information content (AvgIpc) is 3.50. The van der Waals surface area contributed by atoms with Gasteiger partial charge in [-0.2, -0.15) is 0 Å². The summed E-state index contributed by atoms with van der Waals surface area (Å²) in [6.07, 6.45) is 5.71. The number of hydrogen-bond acceptors (Lipinski definition) is 4. The highest BCUT2D eigenvalue weighted by molar-refractivity contribution is 5.81. The molecule has 5 rings (SSSR count). The fourth-order valence-corrected chi connectivity index (χ4v) is 5.72. The normalized spacial score (nSPS) is 21.8. The van der Waals surface area contributed by atoms with E-state index in [1.54, 1.807) is 0 Å². The van der Waals surface area contributed by atoms with Crippen molar-refractivity contribution in [2.24, 2.45) is 0 Å². The Hall–Kier alpha value is -2.86. The van der Waals surface area contributed by atoms with E-state index in [-0.39, 0.29) is 30.7 Å². The molecule has 2 aliphatic carbocycles. The number of carbonyl (C=O) groups excluding carboxylic acids is 1. The van der Waals surface area contributed by atoms with Gasteiger partial charge in [-0.1, -0.05) is 61.4 Å². The van der Waals surface area contributed by atoms with E-state index in [4.69, 9.17) is 9.47 Å². The van der Waals surface area contributed by atoms with Crippen LogP contribution in [0.2, 0.25) is 0 Å². The van der Waals surface area contributed by atoms with Crippen LogP contribution in [-0.2, 0) is 14.3 Å². The summed E-state index contributed by atoms with van der Waals surface area (Å²) in [5, 5.41) is 12.2. The van der Waals surface area contributed by atoms with Crippen LogP contribution < -0.4 is 5.32 Å². The number of fused-ring (bicyclic) bond motifs is 3. The number of amides is 1. The molecule has 1 saturated carbocycles. The predicted molar refractivity (Wildman–Crippen MR) is 120 cm³/mol. The maximum atomic E-state index is 12.5. The zero-order valence-electron chi connectivity index (χ0n) is 18.1. The molecule has 168 valence electrons. The van der Waals surface area contributed by atoms with Gasteiger partial charge < -0.3 is 19.9 Å². The first-order valence-electron chi connectivity index (χ1n) is 11.6. The molecule has 2 unspecified atom stereocenters. The molecule has 6 nitrogen and oxygen atoms in total. The molecule has 1 saturated heterocycles. The molecule has 3 aliphatic rings. The van der Waals surface area contributed by atoms with Crippen molar-refractivity contribution in [2.75, 3.05) is 6.61 Å². The van der Waals surface area contributed by atoms with E-state index < -0.39 is 18.1 Å². The van der Waals surface area contributed by atoms with Gasteiger partial charge in [0.15, 0.2) is 0 Å². The Morgan fingerprint density at radius 1 is 1.03 bits per heavy atom. The molecule has 1 amide bonds. The monoisotopic (exact) mass is 435 g/mol. The van der Waals surface area contributed by atoms with Gasteiger partial charge in [-0.15, -0.1) is 0 Å². The van der Waals surface area contributed by atoms with Crippen LogP contribution in [0.1, 0.15) is 62.0 Å². The van der Waals surface area contributed by atoms with Gasteiger partial charge in [-0.3, -0.25) is 0 Å². The number of aliphatic carboxylic acids is 1. The number of nitrogens with one attached hydrogen (secondary N) is 1. The fraction of sp³-hybridized carbons (Fsp3) is 0.462. The van der Waals surface area contributed by atoms with E-state index in [1.807, 2.05) is 24.3 Å². The largest absolute Gasteiger partial charge is 0.480 e. The number of carbonyl (C=O) groups is 2. The first-order chi connectivity index (χ1) is 15.5. The van der Waals surface area contributed by atoms with Crippen molar-refractivity contribution in [1.29, 1.82) is 0 Å². The van der Waals surface area contributed by atoms with Gasteiger partial charge in [0, 0.05) is 12.3 Å². The van der Waals surface area contributed by atoms with Crippen LogP contribution in [0.4, 0.5) is 4.79 Å². The van der Waals surface area contributed by atoms with Crippen LogP contribution in [-0.4, -0.2) is 41.5 Å². The highest BCUT2D eigenvalue weighted by Crippen LogP contribution is 2.45. The van der Waals surface area contributed by atoms with Crippen LogP contribution in [0.25, 0.3) is 11.1 Å². The minimum atomic E-state index is -1.06. The van der Waals surface area contributed by atoms with Crippen LogP contribution in [0.5, 0.6) is 0 Å². The van der Waals surface area contributed by atoms with Crippen molar-refractivity contribution in [2.45, 2.75) is 68.6 Å². The minimum Gasteiger partial charge on any atom is -0.480 e. The zero-order chi connectivity index (χ0) is 22.1. The summed E-state index contributed by atoms with van der Waals surface area (Å²) in [6, 6.07) is 15.2. The molecule has 32 heavy (non-hydrogen) atoms. The smallest absolute Gasteiger partial charge is 0.407 e. The Morgan fingerprint density at radius 3 is 2.28 bits per heavy atom. The number of alkyl carbamates (subject to hydrolysis) is 1. The van der Waals surface area contributed by atoms with Crippen LogP contribution in [0, 0.1) is 0 Å². The number of carboxylic acids is 1. The Morgan fingerprint density at radius 2 is 1.66 bits per heavy atom. The molecule has 2 aromatic rings. The maximum absolute atomic E-state index is 12.5. The lowest BCUT2D eigenvalue weighted by Crippen LogP contribution is -2.43. The Kier molecular flexibility index (Phi) is 5.64. The maximum Gasteiger partial charge on any atom is 0.407 e. The van der Waals surface area contributed by atoms with Gasteiger partial charge in [0.1, 0.15) is 12.6 Å². The van der Waals surface area contributed by atoms with E-state index in [0.717, 1.165) is 47.9 Å². The Labute approximate surface area is 187 Å². The summed E-state index contributed by atoms with van der Waals surface area (Å²) >= 11 is 0. The second-order valence-corrected chi connectivity index (χ2v) is 9.27. The lowest BCUT2D eigenvalue weighted by molar-refractivity contribution is -0.141. The van der Waals surface area contributed by atoms with Crippen molar-refractivity contribution < 1.29 is 24.2 Å². The summed E-state index contributed by atoms with van der Waals surface area (Å²) in [5.74, 6) is -1.12. The van der Waals surface area contributed by atoms with Crippen molar-refractivity contribution in [1.82, 2.24) is 5.32 Å². The summed E-state index contributed by atoms with van der Waals surface area (Å²) in [4.78, 5) is 24.3. The molecule has 2 N–H and O–H groups in total. The van der Waals surface area contributed by atoms with Crippen molar-refractivity contribution in [3.05, 3.63) is 59.7 Å². The molecule has 1 spiro atoms. The van der Waals surface area contributed by atoms with E-state index in [2.05, 4.69) is 29.6 Å². The lowest BCUT2D eigenvalue weighted by Gasteiger charge is -2.25. The fourth-order valence-electron chi connectivity index (χ4n) is 5.72. The molecule has 1 aliphatic heterocycles. The van der Waals surface area contributed by atoms with Crippen molar-refractivity contribution in [3.8, 4) is 11.1 Å². The number of rotatable bonds is 6. The van der Waals surface area contributed by atoms with E-state index in [0.29, 0.717) is 0 Å². The Balaban J connectivity index is 1.20. The molecule has 0 aromatic heterocycles. The molecule has 1 heterocycles. The van der Waals surface area contributed by atoms with Crippen LogP contribution in [0.15, 0.2) is 48.5 Å². The summed E-state index contributed by atoms with van der Waals surface area (Å²) in [6.45, 7) is 0.162. The standard InChI is InChI=1S/C26H29NO5/c28-24(29)23(15-17-11-14-26(32-17)12-5-6-13-26)27-25(30)31-16-22-20-9-3-1-7-18(20)19-8-2-4-10-21(19)22/h1-4,7-10,17,22-23H,5-6,11-16H2,(H,27,30)(H,28,29). The van der Waals surface area contributed by atoms with E-state index >= 15 is 0 Å². The first-order valence-corrected chi connectivity index (χ1v) is 11.6. The topological polar surface area (TPSA) is 84.9 Å². The number of hydrogen-bond donors (Lipinski definition) is 2. The molecular formula is C26H29NO5. The summed E-state index contributed by atoms with van der Waals surface area (Å²) in [5.41, 5.74) is 4.49. The molecule has 0 bridgehead atoms. The predicted octanol–water partition coefficient (Wildman–Crippen LogP) is 4.86. The quantitative estimate of drug-likeness (QED) is 0.677. The third-order valence-corrected chi connectivity index (χ3v) is 7.29. The van der Waals surface area contributed by atoms with Gasteiger partial charge >= 0.3 is 12.1 Å². The minimum absolute atomic E-state index is 0.0581. The van der Waals surface area contributed by atoms with Gasteiger partial charge in [0.25, 0.3) is 0 Å². The van der Waals surface area contributed by atoms with Crippen LogP contribution in [0.3, 0.4) is 0 Å². The number of ether oxygens (including phenoxy) is 2. The highest BCUT2D eigenvalue weighted by Gasteiger charge is 2.43. The number of benzene rings is 2. The van der Waals surface area contributed by atoms with Crippen LogP contribution >= 0.6 is 0 Å². The third kappa shape index (κ3) is 3.99. The Bertz CT molecular complexity index is 967. The highest BCUT2D eigenvalue weighted by atomic mass is 16.5.